The second-order valence-corrected chi connectivity index (χ2v) is 5.21. The second-order valence-electron chi connectivity index (χ2n) is 4.78. The van der Waals surface area contributed by atoms with Crippen LogP contribution in [0.2, 0.25) is 5.02 Å². The molecule has 2 aromatic heterocycles. The number of aromatic nitrogens is 3. The van der Waals surface area contributed by atoms with Crippen molar-refractivity contribution in [2.75, 3.05) is 0 Å². The van der Waals surface area contributed by atoms with E-state index in [4.69, 9.17) is 26.8 Å². The number of halogens is 1. The van der Waals surface area contributed by atoms with Gasteiger partial charge in [0.1, 0.15) is 23.1 Å². The van der Waals surface area contributed by atoms with Crippen LogP contribution in [0.1, 0.15) is 17.3 Å². The van der Waals surface area contributed by atoms with Gasteiger partial charge in [0.05, 0.1) is 6.20 Å². The number of ether oxygens (including phenoxy) is 2. The van der Waals surface area contributed by atoms with Gasteiger partial charge < -0.3 is 14.5 Å². The van der Waals surface area contributed by atoms with Crippen molar-refractivity contribution >= 4 is 28.7 Å². The van der Waals surface area contributed by atoms with Gasteiger partial charge in [-0.25, -0.2) is 14.8 Å². The number of hydrogen-bond acceptors (Lipinski definition) is 6. The van der Waals surface area contributed by atoms with Gasteiger partial charge >= 0.3 is 5.97 Å². The van der Waals surface area contributed by atoms with Crippen LogP contribution in [-0.2, 0) is 4.74 Å². The van der Waals surface area contributed by atoms with E-state index in [0.29, 0.717) is 21.9 Å². The number of carbonyl (C=O) groups excluding carboxylic acids is 1. The molecule has 118 valence electrons. The molecule has 0 aliphatic carbocycles. The summed E-state index contributed by atoms with van der Waals surface area (Å²) in [5, 5.41) is 0.541. The number of fused-ring (bicyclic) bond motifs is 1. The number of nitrogens with one attached hydrogen (secondary N) is 1. The van der Waals surface area contributed by atoms with Crippen LogP contribution < -0.4 is 10.5 Å². The minimum atomic E-state index is -0.716. The van der Waals surface area contributed by atoms with Gasteiger partial charge in [-0.1, -0.05) is 17.7 Å². The Bertz CT molecular complexity index is 863. The number of aromatic amines is 1. The van der Waals surface area contributed by atoms with E-state index in [9.17, 15) is 4.79 Å². The Balaban J connectivity index is 1.93. The van der Waals surface area contributed by atoms with Crippen LogP contribution in [0, 0.1) is 0 Å². The summed E-state index contributed by atoms with van der Waals surface area (Å²) in [6, 6.07) is 6.87. The Morgan fingerprint density at radius 1 is 1.43 bits per heavy atom. The average Bonchev–Trinajstić information content (AvgIpc) is 2.89. The predicted molar refractivity (Wildman–Crippen MR) is 84.5 cm³/mol. The number of rotatable bonds is 4. The average molecular weight is 333 g/mol. The maximum Gasteiger partial charge on any atom is 0.343 e. The molecule has 0 saturated carbocycles. The van der Waals surface area contributed by atoms with E-state index in [1.165, 1.54) is 12.4 Å². The highest BCUT2D eigenvalue weighted by Gasteiger charge is 2.17. The van der Waals surface area contributed by atoms with E-state index in [1.807, 2.05) is 0 Å². The van der Waals surface area contributed by atoms with E-state index in [1.54, 1.807) is 31.2 Å². The third-order valence-electron chi connectivity index (χ3n) is 2.89. The quantitative estimate of drug-likeness (QED) is 0.562. The van der Waals surface area contributed by atoms with Gasteiger partial charge in [-0.2, -0.15) is 0 Å². The molecule has 23 heavy (non-hydrogen) atoms. The molecule has 1 aromatic carbocycles. The first-order valence-electron chi connectivity index (χ1n) is 6.77. The summed E-state index contributed by atoms with van der Waals surface area (Å²) in [6.07, 6.45) is 2.20. The van der Waals surface area contributed by atoms with Gasteiger partial charge in [0.25, 0.3) is 0 Å². The first-order valence-corrected chi connectivity index (χ1v) is 7.15. The standard InChI is InChI=1S/C15H13ClN4O3/c1-8(17)22-15(21)11-6-18-14-13(11)20-12(7-19-14)23-10-4-2-3-9(16)5-10/h2-8H,17H2,1H3,(H,18,19). The molecule has 2 heterocycles. The lowest BCUT2D eigenvalue weighted by molar-refractivity contribution is 0.0357. The molecular formula is C15H13ClN4O3. The lowest BCUT2D eigenvalue weighted by atomic mass is 10.3. The largest absolute Gasteiger partial charge is 0.443 e. The van der Waals surface area contributed by atoms with Crippen molar-refractivity contribution in [2.45, 2.75) is 13.2 Å². The van der Waals surface area contributed by atoms with E-state index < -0.39 is 12.2 Å². The van der Waals surface area contributed by atoms with Crippen LogP contribution in [0.5, 0.6) is 11.6 Å². The fourth-order valence-electron chi connectivity index (χ4n) is 1.96. The van der Waals surface area contributed by atoms with Crippen LogP contribution in [0.15, 0.2) is 36.7 Å². The number of hydrogen-bond donors (Lipinski definition) is 2. The summed E-state index contributed by atoms with van der Waals surface area (Å²) in [5.41, 5.74) is 6.49. The summed E-state index contributed by atoms with van der Waals surface area (Å²) < 4.78 is 10.6. The van der Waals surface area contributed by atoms with Crippen LogP contribution in [0.3, 0.4) is 0 Å². The second kappa shape index (κ2) is 6.23. The molecule has 0 spiro atoms. The van der Waals surface area contributed by atoms with Gasteiger partial charge in [0.2, 0.25) is 5.88 Å². The summed E-state index contributed by atoms with van der Waals surface area (Å²) in [5.74, 6) is 0.163. The zero-order valence-corrected chi connectivity index (χ0v) is 12.9. The van der Waals surface area contributed by atoms with Gasteiger partial charge in [0, 0.05) is 11.2 Å². The number of nitrogens with zero attached hydrogens (tertiary/aromatic N) is 2. The molecule has 0 bridgehead atoms. The molecular weight excluding hydrogens is 320 g/mol. The SMILES string of the molecule is CC(N)OC(=O)c1c[nH]c2ncc(Oc3cccc(Cl)c3)nc12. The zero-order chi connectivity index (χ0) is 16.4. The smallest absolute Gasteiger partial charge is 0.343 e. The molecule has 8 heteroatoms. The minimum absolute atomic E-state index is 0.231. The summed E-state index contributed by atoms with van der Waals surface area (Å²) in [7, 11) is 0. The van der Waals surface area contributed by atoms with Crippen LogP contribution in [0.25, 0.3) is 11.2 Å². The number of carbonyl (C=O) groups is 1. The van der Waals surface area contributed by atoms with Gasteiger partial charge in [-0.05, 0) is 25.1 Å². The van der Waals surface area contributed by atoms with E-state index in [-0.39, 0.29) is 11.4 Å². The Kier molecular flexibility index (Phi) is 4.14. The third-order valence-corrected chi connectivity index (χ3v) is 3.13. The van der Waals surface area contributed by atoms with Crippen molar-refractivity contribution in [1.82, 2.24) is 15.0 Å². The first-order chi connectivity index (χ1) is 11.0. The number of benzene rings is 1. The lowest BCUT2D eigenvalue weighted by Crippen LogP contribution is -2.23. The van der Waals surface area contributed by atoms with Crippen LogP contribution in [0.4, 0.5) is 0 Å². The Morgan fingerprint density at radius 2 is 2.26 bits per heavy atom. The van der Waals surface area contributed by atoms with Crippen LogP contribution in [-0.4, -0.2) is 27.1 Å². The first kappa shape index (κ1) is 15.3. The molecule has 0 radical (unpaired) electrons. The fourth-order valence-corrected chi connectivity index (χ4v) is 2.14. The molecule has 1 atom stereocenters. The molecule has 0 aliphatic heterocycles. The van der Waals surface area contributed by atoms with E-state index in [0.717, 1.165) is 0 Å². The third kappa shape index (κ3) is 3.41. The Hall–Kier alpha value is -2.64. The molecule has 0 saturated heterocycles. The number of esters is 1. The lowest BCUT2D eigenvalue weighted by Gasteiger charge is -2.07. The molecule has 7 nitrogen and oxygen atoms in total. The Labute approximate surface area is 136 Å². The number of nitrogens with two attached hydrogens (primary N) is 1. The maximum absolute atomic E-state index is 12.0. The maximum atomic E-state index is 12.0. The van der Waals surface area contributed by atoms with Crippen molar-refractivity contribution in [3.8, 4) is 11.6 Å². The van der Waals surface area contributed by atoms with Crippen molar-refractivity contribution in [2.24, 2.45) is 5.73 Å². The molecule has 3 aromatic rings. The minimum Gasteiger partial charge on any atom is -0.443 e. The molecule has 0 amide bonds. The fraction of sp³-hybridized carbons (Fsp3) is 0.133. The number of H-pyrrole nitrogens is 1. The summed E-state index contributed by atoms with van der Waals surface area (Å²) in [4.78, 5) is 23.3. The highest BCUT2D eigenvalue weighted by molar-refractivity contribution is 6.30. The monoisotopic (exact) mass is 332 g/mol. The molecule has 1 unspecified atom stereocenters. The van der Waals surface area contributed by atoms with Gasteiger partial charge in [-0.3, -0.25) is 5.73 Å². The predicted octanol–water partition coefficient (Wildman–Crippen LogP) is 2.87. The highest BCUT2D eigenvalue weighted by Crippen LogP contribution is 2.24. The van der Waals surface area contributed by atoms with E-state index >= 15 is 0 Å². The van der Waals surface area contributed by atoms with E-state index in [2.05, 4.69) is 15.0 Å². The van der Waals surface area contributed by atoms with Crippen molar-refractivity contribution < 1.29 is 14.3 Å². The summed E-state index contributed by atoms with van der Waals surface area (Å²) >= 11 is 5.91. The van der Waals surface area contributed by atoms with Crippen LogP contribution >= 0.6 is 11.6 Å². The Morgan fingerprint density at radius 3 is 3.00 bits per heavy atom. The molecule has 3 rings (SSSR count). The zero-order valence-electron chi connectivity index (χ0n) is 12.1. The molecule has 0 fully saturated rings. The molecule has 3 N–H and O–H groups in total. The highest BCUT2D eigenvalue weighted by atomic mass is 35.5. The van der Waals surface area contributed by atoms with Crippen molar-refractivity contribution in [3.63, 3.8) is 0 Å². The van der Waals surface area contributed by atoms with Gasteiger partial charge in [-0.15, -0.1) is 0 Å². The van der Waals surface area contributed by atoms with Crippen molar-refractivity contribution in [3.05, 3.63) is 47.2 Å². The normalized spacial score (nSPS) is 12.1. The van der Waals surface area contributed by atoms with Gasteiger partial charge in [0.15, 0.2) is 5.65 Å². The molecule has 0 aliphatic rings. The topological polar surface area (TPSA) is 103 Å². The van der Waals surface area contributed by atoms with Crippen molar-refractivity contribution in [1.29, 1.82) is 0 Å². The summed E-state index contributed by atoms with van der Waals surface area (Å²) in [6.45, 7) is 1.56.